The highest BCUT2D eigenvalue weighted by Gasteiger charge is 2.56. The van der Waals surface area contributed by atoms with Crippen LogP contribution in [-0.2, 0) is 32.7 Å². The molecule has 0 heterocycles. The van der Waals surface area contributed by atoms with Gasteiger partial charge in [-0.1, -0.05) is 36.4 Å². The van der Waals surface area contributed by atoms with Gasteiger partial charge in [-0.15, -0.1) is 0 Å². The minimum Gasteiger partial charge on any atom is -0.374 e. The van der Waals surface area contributed by atoms with Gasteiger partial charge < -0.3 is 15.4 Å². The van der Waals surface area contributed by atoms with Gasteiger partial charge in [0.05, 0.1) is 23.1 Å². The second-order valence-corrected chi connectivity index (χ2v) is 12.5. The smallest absolute Gasteiger partial charge is 0.241 e. The normalized spacial score (nSPS) is 23.2. The van der Waals surface area contributed by atoms with Crippen LogP contribution in [0.25, 0.3) is 11.1 Å². The summed E-state index contributed by atoms with van der Waals surface area (Å²) in [6.45, 7) is 8.29. The van der Waals surface area contributed by atoms with Gasteiger partial charge in [-0.05, 0) is 88.6 Å². The van der Waals surface area contributed by atoms with Crippen LogP contribution in [0.2, 0.25) is 0 Å². The molecule has 2 unspecified atom stereocenters. The van der Waals surface area contributed by atoms with E-state index in [2.05, 4.69) is 15.4 Å². The summed E-state index contributed by atoms with van der Waals surface area (Å²) in [4.78, 5) is 13.3. The minimum absolute atomic E-state index is 0.0204. The predicted octanol–water partition coefficient (Wildman–Crippen LogP) is 3.97. The molecule has 36 heavy (non-hydrogen) atoms. The van der Waals surface area contributed by atoms with Crippen LogP contribution >= 0.6 is 0 Å². The molecule has 196 valence electrons. The molecule has 2 aromatic rings. The number of amides is 1. The zero-order chi connectivity index (χ0) is 26.1. The van der Waals surface area contributed by atoms with Crippen molar-refractivity contribution >= 4 is 15.9 Å². The first-order chi connectivity index (χ1) is 17.0. The van der Waals surface area contributed by atoms with Crippen molar-refractivity contribution in [1.29, 1.82) is 0 Å². The summed E-state index contributed by atoms with van der Waals surface area (Å²) in [6.07, 6.45) is 3.08. The van der Waals surface area contributed by atoms with E-state index >= 15 is 0 Å². The van der Waals surface area contributed by atoms with Crippen molar-refractivity contribution in [2.75, 3.05) is 7.05 Å². The van der Waals surface area contributed by atoms with E-state index in [1.54, 1.807) is 26.0 Å². The Labute approximate surface area is 215 Å². The second kappa shape index (κ2) is 10.6. The average Bonchev–Trinajstić information content (AvgIpc) is 3.45. The molecule has 0 saturated heterocycles. The Bertz CT molecular complexity index is 1200. The third-order valence-corrected chi connectivity index (χ3v) is 8.97. The molecular weight excluding hydrogens is 474 g/mol. The van der Waals surface area contributed by atoms with E-state index in [9.17, 15) is 13.2 Å². The first-order valence-corrected chi connectivity index (χ1v) is 14.4. The zero-order valence-electron chi connectivity index (χ0n) is 21.9. The van der Waals surface area contributed by atoms with Gasteiger partial charge in [0.1, 0.15) is 0 Å². The highest BCUT2D eigenvalue weighted by atomic mass is 32.2. The summed E-state index contributed by atoms with van der Waals surface area (Å²) >= 11 is 0. The van der Waals surface area contributed by atoms with Gasteiger partial charge in [0.25, 0.3) is 0 Å². The molecule has 0 radical (unpaired) electrons. The lowest BCUT2D eigenvalue weighted by atomic mass is 9.92. The van der Waals surface area contributed by atoms with E-state index in [1.807, 2.05) is 51.2 Å². The van der Waals surface area contributed by atoms with Crippen LogP contribution in [0.1, 0.15) is 58.1 Å². The summed E-state index contributed by atoms with van der Waals surface area (Å²) < 4.78 is 34.8. The number of hydrogen-bond acceptors (Lipinski definition) is 5. The maximum Gasteiger partial charge on any atom is 0.241 e. The van der Waals surface area contributed by atoms with Crippen LogP contribution in [0.4, 0.5) is 0 Å². The molecule has 0 aromatic heterocycles. The standard InChI is InChI=1S/C28H39N3O4S/c1-18(2)31-36(33,34)26-9-7-6-8-25(26)24-11-10-20(12-23(24)17-35-19(3)4)16-30-27(32)28(29-5)14-21-13-22(21)15-28/h6-12,18-19,21-22,29,31H,13-17H2,1-5H3,(H,30,32). The van der Waals surface area contributed by atoms with Gasteiger partial charge in [-0.3, -0.25) is 4.79 Å². The first kappa shape index (κ1) is 26.8. The highest BCUT2D eigenvalue weighted by molar-refractivity contribution is 7.89. The third kappa shape index (κ3) is 5.83. The number of rotatable bonds is 11. The Morgan fingerprint density at radius 1 is 1.06 bits per heavy atom. The molecule has 2 aliphatic rings. The zero-order valence-corrected chi connectivity index (χ0v) is 22.7. The third-order valence-electron chi connectivity index (χ3n) is 7.26. The molecule has 1 amide bonds. The SMILES string of the molecule is CNC1(C(=O)NCc2ccc(-c3ccccc3S(=O)(=O)NC(C)C)c(COC(C)C)c2)CC2CC2C1. The van der Waals surface area contributed by atoms with E-state index in [-0.39, 0.29) is 22.9 Å². The van der Waals surface area contributed by atoms with Gasteiger partial charge >= 0.3 is 0 Å². The van der Waals surface area contributed by atoms with Crippen molar-refractivity contribution < 1.29 is 17.9 Å². The van der Waals surface area contributed by atoms with Gasteiger partial charge in [0.15, 0.2) is 0 Å². The molecule has 4 rings (SSSR count). The lowest BCUT2D eigenvalue weighted by Gasteiger charge is -2.29. The number of hydrogen-bond donors (Lipinski definition) is 3. The molecule has 2 aliphatic carbocycles. The van der Waals surface area contributed by atoms with Crippen LogP contribution in [0, 0.1) is 11.8 Å². The van der Waals surface area contributed by atoms with Crippen LogP contribution in [-0.4, -0.2) is 39.1 Å². The lowest BCUT2D eigenvalue weighted by molar-refractivity contribution is -0.127. The summed E-state index contributed by atoms with van der Waals surface area (Å²) in [5, 5.41) is 6.42. The maximum absolute atomic E-state index is 13.1. The number of sulfonamides is 1. The monoisotopic (exact) mass is 513 g/mol. The average molecular weight is 514 g/mol. The van der Waals surface area contributed by atoms with Crippen LogP contribution in [0.3, 0.4) is 0 Å². The van der Waals surface area contributed by atoms with Gasteiger partial charge in [-0.25, -0.2) is 13.1 Å². The summed E-state index contributed by atoms with van der Waals surface area (Å²) in [6, 6.07) is 12.7. The first-order valence-electron chi connectivity index (χ1n) is 12.9. The Kier molecular flexibility index (Phi) is 7.90. The maximum atomic E-state index is 13.1. The fourth-order valence-corrected chi connectivity index (χ4v) is 6.81. The van der Waals surface area contributed by atoms with E-state index < -0.39 is 15.6 Å². The van der Waals surface area contributed by atoms with Crippen molar-refractivity contribution in [3.8, 4) is 11.1 Å². The Balaban J connectivity index is 1.61. The molecule has 7 nitrogen and oxygen atoms in total. The number of benzene rings is 2. The molecule has 2 atom stereocenters. The van der Waals surface area contributed by atoms with E-state index in [4.69, 9.17) is 4.74 Å². The summed E-state index contributed by atoms with van der Waals surface area (Å²) in [5.41, 5.74) is 2.80. The minimum atomic E-state index is -3.69. The highest BCUT2D eigenvalue weighted by Crippen LogP contribution is 2.56. The predicted molar refractivity (Wildman–Crippen MR) is 142 cm³/mol. The number of likely N-dealkylation sites (N-methyl/N-ethyl adjacent to an activating group) is 1. The second-order valence-electron chi connectivity index (χ2n) is 10.8. The van der Waals surface area contributed by atoms with Crippen molar-refractivity contribution in [1.82, 2.24) is 15.4 Å². The molecular formula is C28H39N3O4S. The Hall–Kier alpha value is -2.26. The van der Waals surface area contributed by atoms with E-state index in [0.29, 0.717) is 30.6 Å². The number of carbonyl (C=O) groups excluding carboxylic acids is 1. The van der Waals surface area contributed by atoms with Crippen LogP contribution in [0.5, 0.6) is 0 Å². The molecule has 0 spiro atoms. The van der Waals surface area contributed by atoms with Gasteiger partial charge in [-0.2, -0.15) is 0 Å². The van der Waals surface area contributed by atoms with Crippen molar-refractivity contribution in [2.45, 2.75) is 82.7 Å². The van der Waals surface area contributed by atoms with Crippen LogP contribution < -0.4 is 15.4 Å². The largest absolute Gasteiger partial charge is 0.374 e. The Morgan fingerprint density at radius 2 is 1.75 bits per heavy atom. The molecule has 2 fully saturated rings. The van der Waals surface area contributed by atoms with Crippen molar-refractivity contribution in [3.05, 3.63) is 53.6 Å². The summed E-state index contributed by atoms with van der Waals surface area (Å²) in [5.74, 6) is 1.42. The number of carbonyl (C=O) groups is 1. The molecule has 8 heteroatoms. The molecule has 3 N–H and O–H groups in total. The van der Waals surface area contributed by atoms with E-state index in [0.717, 1.165) is 29.5 Å². The Morgan fingerprint density at radius 3 is 2.39 bits per heavy atom. The number of nitrogens with one attached hydrogen (secondary N) is 3. The fourth-order valence-electron chi connectivity index (χ4n) is 5.34. The lowest BCUT2D eigenvalue weighted by Crippen LogP contribution is -2.54. The fraction of sp³-hybridized carbons (Fsp3) is 0.536. The van der Waals surface area contributed by atoms with Crippen molar-refractivity contribution in [3.63, 3.8) is 0 Å². The number of ether oxygens (including phenoxy) is 1. The quantitative estimate of drug-likeness (QED) is 0.423. The van der Waals surface area contributed by atoms with Crippen LogP contribution in [0.15, 0.2) is 47.4 Å². The molecule has 2 saturated carbocycles. The number of fused-ring (bicyclic) bond motifs is 1. The van der Waals surface area contributed by atoms with Crippen molar-refractivity contribution in [2.24, 2.45) is 11.8 Å². The molecule has 0 bridgehead atoms. The van der Waals surface area contributed by atoms with Gasteiger partial charge in [0, 0.05) is 18.2 Å². The topological polar surface area (TPSA) is 96.5 Å². The molecule has 0 aliphatic heterocycles. The van der Waals surface area contributed by atoms with Gasteiger partial charge in [0.2, 0.25) is 15.9 Å². The van der Waals surface area contributed by atoms with E-state index in [1.165, 1.54) is 6.42 Å². The molecule has 2 aromatic carbocycles. The summed E-state index contributed by atoms with van der Waals surface area (Å²) in [7, 11) is -1.82.